The molecule has 0 unspecified atom stereocenters. The molecule has 24 heavy (non-hydrogen) atoms. The molecule has 0 N–H and O–H groups in total. The van der Waals surface area contributed by atoms with Crippen LogP contribution in [0.25, 0.3) is 10.9 Å². The lowest BCUT2D eigenvalue weighted by Crippen LogP contribution is -2.20. The Morgan fingerprint density at radius 3 is 2.83 bits per heavy atom. The highest BCUT2D eigenvalue weighted by Gasteiger charge is 2.21. The van der Waals surface area contributed by atoms with E-state index in [0.717, 1.165) is 31.5 Å². The predicted molar refractivity (Wildman–Crippen MR) is 98.6 cm³/mol. The highest BCUT2D eigenvalue weighted by Crippen LogP contribution is 2.36. The highest BCUT2D eigenvalue weighted by atomic mass is 79.9. The maximum atomic E-state index is 14.1. The van der Waals surface area contributed by atoms with Gasteiger partial charge in [0.05, 0.1) is 9.99 Å². The largest absolute Gasteiger partial charge is 0.325 e. The second-order valence-corrected chi connectivity index (χ2v) is 7.03. The van der Waals surface area contributed by atoms with Gasteiger partial charge in [0, 0.05) is 17.6 Å². The monoisotopic (exact) mass is 405 g/mol. The van der Waals surface area contributed by atoms with Gasteiger partial charge in [0.2, 0.25) is 5.28 Å². The Morgan fingerprint density at radius 2 is 1.96 bits per heavy atom. The Labute approximate surface area is 152 Å². The molecule has 122 valence electrons. The maximum Gasteiger partial charge on any atom is 0.224 e. The summed E-state index contributed by atoms with van der Waals surface area (Å²) in [4.78, 5) is 10.8. The Morgan fingerprint density at radius 1 is 1.12 bits per heavy atom. The number of benzene rings is 2. The van der Waals surface area contributed by atoms with E-state index in [9.17, 15) is 4.39 Å². The van der Waals surface area contributed by atoms with E-state index in [1.54, 1.807) is 6.07 Å². The van der Waals surface area contributed by atoms with Crippen LogP contribution in [0.1, 0.15) is 18.4 Å². The van der Waals surface area contributed by atoms with Crippen molar-refractivity contribution in [2.75, 3.05) is 11.4 Å². The lowest BCUT2D eigenvalue weighted by molar-refractivity contribution is 0.623. The maximum absolute atomic E-state index is 14.1. The topological polar surface area (TPSA) is 29.0 Å². The summed E-state index contributed by atoms with van der Waals surface area (Å²) in [7, 11) is 0. The van der Waals surface area contributed by atoms with Crippen molar-refractivity contribution < 1.29 is 4.39 Å². The van der Waals surface area contributed by atoms with Crippen LogP contribution < -0.4 is 4.90 Å². The third kappa shape index (κ3) is 2.76. The number of aryl methyl sites for hydroxylation is 1. The average Bonchev–Trinajstić information content (AvgIpc) is 2.78. The van der Waals surface area contributed by atoms with E-state index in [2.05, 4.69) is 42.9 Å². The predicted octanol–water partition coefficient (Wildman–Crippen LogP) is 5.66. The van der Waals surface area contributed by atoms with Crippen molar-refractivity contribution in [3.8, 4) is 0 Å². The molecule has 3 nitrogen and oxygen atoms in total. The number of anilines is 2. The summed E-state index contributed by atoms with van der Waals surface area (Å²) in [5, 5.41) is 0.828. The van der Waals surface area contributed by atoms with E-state index >= 15 is 0 Å². The third-order valence-corrected chi connectivity index (χ3v) is 5.08. The number of para-hydroxylation sites is 1. The van der Waals surface area contributed by atoms with Crippen molar-refractivity contribution in [3.63, 3.8) is 0 Å². The molecule has 1 aliphatic rings. The molecule has 0 amide bonds. The van der Waals surface area contributed by atoms with Crippen molar-refractivity contribution in [1.82, 2.24) is 9.97 Å². The molecule has 0 saturated carbocycles. The molecular weight excluding hydrogens is 393 g/mol. The number of halogens is 3. The van der Waals surface area contributed by atoms with Gasteiger partial charge in [-0.15, -0.1) is 0 Å². The van der Waals surface area contributed by atoms with Crippen LogP contribution in [0.3, 0.4) is 0 Å². The van der Waals surface area contributed by atoms with Gasteiger partial charge in [0.25, 0.3) is 0 Å². The lowest BCUT2D eigenvalue weighted by atomic mass is 10.1. The quantitative estimate of drug-likeness (QED) is 0.488. The molecule has 0 fully saturated rings. The zero-order valence-electron chi connectivity index (χ0n) is 12.8. The van der Waals surface area contributed by atoms with Gasteiger partial charge in [-0.25, -0.2) is 9.37 Å². The fraction of sp³-hybridized carbons (Fsp3) is 0.222. The van der Waals surface area contributed by atoms with Gasteiger partial charge < -0.3 is 4.90 Å². The van der Waals surface area contributed by atoms with Crippen LogP contribution in [0.2, 0.25) is 5.28 Å². The number of hydrogen-bond donors (Lipinski definition) is 0. The molecule has 2 aromatic carbocycles. The normalized spacial score (nSPS) is 14.5. The summed E-state index contributed by atoms with van der Waals surface area (Å²) in [5.41, 5.74) is 3.00. The number of aromatic nitrogens is 2. The summed E-state index contributed by atoms with van der Waals surface area (Å²) < 4.78 is 14.5. The van der Waals surface area contributed by atoms with Crippen LogP contribution >= 0.6 is 27.5 Å². The molecule has 1 aliphatic heterocycles. The van der Waals surface area contributed by atoms with E-state index in [1.165, 1.54) is 11.6 Å². The van der Waals surface area contributed by atoms with Crippen molar-refractivity contribution in [2.24, 2.45) is 0 Å². The number of fused-ring (bicyclic) bond motifs is 2. The van der Waals surface area contributed by atoms with Crippen LogP contribution in [0.4, 0.5) is 15.9 Å². The summed E-state index contributed by atoms with van der Waals surface area (Å²) in [5.74, 6) is 0.323. The standard InChI is InChI=1S/C18H14BrClFN3/c19-13-10-15-12(9-14(13)21)17(23-18(20)22-15)24-8-4-3-6-11-5-1-2-7-16(11)24/h1-2,5,7,9-10H,3-4,6,8H2. The first kappa shape index (κ1) is 15.8. The van der Waals surface area contributed by atoms with Crippen LogP contribution in [-0.4, -0.2) is 16.5 Å². The van der Waals surface area contributed by atoms with Gasteiger partial charge in [-0.2, -0.15) is 4.98 Å². The fourth-order valence-electron chi connectivity index (χ4n) is 3.20. The average molecular weight is 407 g/mol. The molecule has 1 aromatic heterocycles. The molecule has 0 aliphatic carbocycles. The molecule has 0 atom stereocenters. The Balaban J connectivity index is 1.98. The van der Waals surface area contributed by atoms with Crippen LogP contribution in [-0.2, 0) is 6.42 Å². The minimum atomic E-state index is -0.335. The van der Waals surface area contributed by atoms with E-state index in [-0.39, 0.29) is 11.1 Å². The van der Waals surface area contributed by atoms with Gasteiger partial charge in [-0.3, -0.25) is 0 Å². The van der Waals surface area contributed by atoms with Gasteiger partial charge in [-0.05, 0) is 70.6 Å². The van der Waals surface area contributed by atoms with Crippen molar-refractivity contribution >= 4 is 49.9 Å². The molecular formula is C18H14BrClFN3. The number of rotatable bonds is 1. The first-order chi connectivity index (χ1) is 11.6. The number of nitrogens with zero attached hydrogens (tertiary/aromatic N) is 3. The third-order valence-electron chi connectivity index (χ3n) is 4.31. The Kier molecular flexibility index (Phi) is 4.14. The molecule has 6 heteroatoms. The van der Waals surface area contributed by atoms with Gasteiger partial charge in [-0.1, -0.05) is 18.2 Å². The van der Waals surface area contributed by atoms with Crippen molar-refractivity contribution in [2.45, 2.75) is 19.3 Å². The summed E-state index contributed by atoms with van der Waals surface area (Å²) in [6.45, 7) is 0.817. The molecule has 2 heterocycles. The Bertz CT molecular complexity index is 932. The molecule has 0 radical (unpaired) electrons. The van der Waals surface area contributed by atoms with Crippen molar-refractivity contribution in [3.05, 3.63) is 57.5 Å². The first-order valence-corrected chi connectivity index (χ1v) is 8.98. The molecule has 3 aromatic rings. The summed E-state index contributed by atoms with van der Waals surface area (Å²) in [6.07, 6.45) is 3.18. The van der Waals surface area contributed by atoms with Crippen molar-refractivity contribution in [1.29, 1.82) is 0 Å². The van der Waals surface area contributed by atoms with Gasteiger partial charge >= 0.3 is 0 Å². The van der Waals surface area contributed by atoms with Crippen LogP contribution in [0.15, 0.2) is 40.9 Å². The SMILES string of the molecule is Fc1cc2c(N3CCCCc4ccccc43)nc(Cl)nc2cc1Br. The lowest BCUT2D eigenvalue weighted by Gasteiger charge is -2.25. The molecule has 0 spiro atoms. The van der Waals surface area contributed by atoms with E-state index < -0.39 is 0 Å². The zero-order chi connectivity index (χ0) is 16.7. The second-order valence-electron chi connectivity index (χ2n) is 5.84. The second kappa shape index (κ2) is 6.30. The highest BCUT2D eigenvalue weighted by molar-refractivity contribution is 9.10. The first-order valence-electron chi connectivity index (χ1n) is 7.81. The summed E-state index contributed by atoms with van der Waals surface area (Å²) >= 11 is 9.35. The molecule has 0 saturated heterocycles. The minimum absolute atomic E-state index is 0.165. The smallest absolute Gasteiger partial charge is 0.224 e. The Hall–Kier alpha value is -1.72. The summed E-state index contributed by atoms with van der Waals surface area (Å²) in [6, 6.07) is 11.4. The zero-order valence-corrected chi connectivity index (χ0v) is 15.1. The van der Waals surface area contributed by atoms with Gasteiger partial charge in [0.1, 0.15) is 11.6 Å². The van der Waals surface area contributed by atoms with Crippen LogP contribution in [0.5, 0.6) is 0 Å². The van der Waals surface area contributed by atoms with E-state index in [4.69, 9.17) is 11.6 Å². The van der Waals surface area contributed by atoms with E-state index in [1.807, 2.05) is 12.1 Å². The molecule has 0 bridgehead atoms. The van der Waals surface area contributed by atoms with E-state index in [0.29, 0.717) is 21.2 Å². The minimum Gasteiger partial charge on any atom is -0.325 e. The van der Waals surface area contributed by atoms with Gasteiger partial charge in [0.15, 0.2) is 0 Å². The number of hydrogen-bond acceptors (Lipinski definition) is 3. The molecule has 4 rings (SSSR count). The fourth-order valence-corrected chi connectivity index (χ4v) is 3.70. The van der Waals surface area contributed by atoms with Crippen LogP contribution in [0, 0.1) is 5.82 Å².